The smallest absolute Gasteiger partial charge is 0.325 e. The number of rotatable bonds is 4. The van der Waals surface area contributed by atoms with Crippen LogP contribution in [0.4, 0.5) is 4.79 Å². The van der Waals surface area contributed by atoms with Gasteiger partial charge in [0.05, 0.1) is 18.2 Å². The number of nitrogens with zero attached hydrogens (tertiary/aromatic N) is 2. The number of carbonyl (C=O) groups excluding carboxylic acids is 2. The Morgan fingerprint density at radius 3 is 2.56 bits per heavy atom. The standard InChI is InChI=1S/C25H19N3O4/c1-25(19-10-11-21-22(12-19)32-15-31-21)23(29)28(24(30)27-25)14-16-6-8-17(9-7-16)20-5-3-2-4-18(20)13-26/h2-12H,14-15H2,1H3,(H,27,30)/t25-/m0/s1. The van der Waals surface area contributed by atoms with Gasteiger partial charge in [-0.3, -0.25) is 9.69 Å². The lowest BCUT2D eigenvalue weighted by Gasteiger charge is -2.22. The monoisotopic (exact) mass is 425 g/mol. The molecule has 3 aromatic rings. The molecule has 2 aliphatic heterocycles. The average Bonchev–Trinajstić information content (AvgIpc) is 3.38. The lowest BCUT2D eigenvalue weighted by atomic mass is 9.91. The topological polar surface area (TPSA) is 91.7 Å². The summed E-state index contributed by atoms with van der Waals surface area (Å²) in [5.74, 6) is 0.835. The van der Waals surface area contributed by atoms with Crippen molar-refractivity contribution in [3.63, 3.8) is 0 Å². The van der Waals surface area contributed by atoms with Gasteiger partial charge in [0, 0.05) is 0 Å². The van der Waals surface area contributed by atoms with Crippen LogP contribution in [0.1, 0.15) is 23.6 Å². The second-order valence-corrected chi connectivity index (χ2v) is 7.87. The van der Waals surface area contributed by atoms with E-state index in [9.17, 15) is 14.9 Å². The van der Waals surface area contributed by atoms with Crippen molar-refractivity contribution in [2.24, 2.45) is 0 Å². The molecule has 2 heterocycles. The summed E-state index contributed by atoms with van der Waals surface area (Å²) in [6, 6.07) is 21.8. The number of ether oxygens (including phenoxy) is 2. The Morgan fingerprint density at radius 1 is 1.03 bits per heavy atom. The minimum absolute atomic E-state index is 0.136. The molecule has 0 saturated carbocycles. The van der Waals surface area contributed by atoms with Crippen LogP contribution in [0.3, 0.4) is 0 Å². The lowest BCUT2D eigenvalue weighted by Crippen LogP contribution is -2.40. The Hall–Kier alpha value is -4.31. The van der Waals surface area contributed by atoms with Gasteiger partial charge in [0.15, 0.2) is 11.5 Å². The molecule has 0 unspecified atom stereocenters. The van der Waals surface area contributed by atoms with Crippen molar-refractivity contribution in [2.75, 3.05) is 6.79 Å². The molecule has 0 spiro atoms. The Bertz CT molecular complexity index is 1280. The van der Waals surface area contributed by atoms with Crippen molar-refractivity contribution in [1.82, 2.24) is 10.2 Å². The molecule has 3 amide bonds. The van der Waals surface area contributed by atoms with Crippen molar-refractivity contribution < 1.29 is 19.1 Å². The zero-order valence-corrected chi connectivity index (χ0v) is 17.3. The van der Waals surface area contributed by atoms with E-state index >= 15 is 0 Å². The van der Waals surface area contributed by atoms with Gasteiger partial charge in [-0.1, -0.05) is 48.5 Å². The van der Waals surface area contributed by atoms with E-state index in [0.717, 1.165) is 16.7 Å². The second-order valence-electron chi connectivity index (χ2n) is 7.87. The van der Waals surface area contributed by atoms with Crippen molar-refractivity contribution in [2.45, 2.75) is 19.0 Å². The lowest BCUT2D eigenvalue weighted by molar-refractivity contribution is -0.131. The zero-order chi connectivity index (χ0) is 22.3. The first-order valence-electron chi connectivity index (χ1n) is 10.1. The van der Waals surface area contributed by atoms with Crippen molar-refractivity contribution in [3.8, 4) is 28.7 Å². The summed E-state index contributed by atoms with van der Waals surface area (Å²) in [5, 5.41) is 12.1. The summed E-state index contributed by atoms with van der Waals surface area (Å²) in [6.45, 7) is 1.97. The molecule has 32 heavy (non-hydrogen) atoms. The third-order valence-electron chi connectivity index (χ3n) is 5.88. The molecule has 158 valence electrons. The molecule has 0 aliphatic carbocycles. The molecule has 1 atom stereocenters. The van der Waals surface area contributed by atoms with Gasteiger partial charge in [-0.15, -0.1) is 0 Å². The quantitative estimate of drug-likeness (QED) is 0.640. The zero-order valence-electron chi connectivity index (χ0n) is 17.3. The number of fused-ring (bicyclic) bond motifs is 1. The van der Waals surface area contributed by atoms with Gasteiger partial charge in [0.25, 0.3) is 5.91 Å². The summed E-state index contributed by atoms with van der Waals surface area (Å²) in [5.41, 5.74) is 2.57. The molecule has 1 N–H and O–H groups in total. The van der Waals surface area contributed by atoms with Crippen LogP contribution in [-0.4, -0.2) is 23.6 Å². The highest BCUT2D eigenvalue weighted by molar-refractivity contribution is 6.07. The van der Waals surface area contributed by atoms with Crippen LogP contribution < -0.4 is 14.8 Å². The molecular formula is C25H19N3O4. The molecule has 7 nitrogen and oxygen atoms in total. The summed E-state index contributed by atoms with van der Waals surface area (Å²) < 4.78 is 10.7. The van der Waals surface area contributed by atoms with Gasteiger partial charge in [-0.25, -0.2) is 4.79 Å². The Balaban J connectivity index is 1.37. The maximum atomic E-state index is 13.2. The van der Waals surface area contributed by atoms with Crippen molar-refractivity contribution in [3.05, 3.63) is 83.4 Å². The summed E-state index contributed by atoms with van der Waals surface area (Å²) >= 11 is 0. The molecule has 3 aromatic carbocycles. The molecule has 1 saturated heterocycles. The predicted octanol–water partition coefficient (Wildman–Crippen LogP) is 3.92. The number of amides is 3. The minimum atomic E-state index is -1.19. The number of hydrogen-bond acceptors (Lipinski definition) is 5. The number of imide groups is 1. The number of hydrogen-bond donors (Lipinski definition) is 1. The van der Waals surface area contributed by atoms with E-state index in [1.54, 1.807) is 31.2 Å². The van der Waals surface area contributed by atoms with Crippen LogP contribution in [0.25, 0.3) is 11.1 Å². The maximum Gasteiger partial charge on any atom is 0.325 e. The van der Waals surface area contributed by atoms with E-state index in [2.05, 4.69) is 11.4 Å². The number of urea groups is 1. The van der Waals surface area contributed by atoms with Gasteiger partial charge in [-0.2, -0.15) is 5.26 Å². The van der Waals surface area contributed by atoms with Gasteiger partial charge in [0.2, 0.25) is 6.79 Å². The van der Waals surface area contributed by atoms with Gasteiger partial charge in [0.1, 0.15) is 5.54 Å². The first kappa shape index (κ1) is 19.6. The van der Waals surface area contributed by atoms with E-state index in [-0.39, 0.29) is 19.2 Å². The predicted molar refractivity (Wildman–Crippen MR) is 116 cm³/mol. The van der Waals surface area contributed by atoms with Crippen LogP contribution in [0.5, 0.6) is 11.5 Å². The van der Waals surface area contributed by atoms with Crippen LogP contribution in [-0.2, 0) is 16.9 Å². The normalized spacial score (nSPS) is 19.1. The fourth-order valence-electron chi connectivity index (χ4n) is 4.05. The van der Waals surface area contributed by atoms with Gasteiger partial charge < -0.3 is 14.8 Å². The van der Waals surface area contributed by atoms with Crippen LogP contribution >= 0.6 is 0 Å². The average molecular weight is 425 g/mol. The summed E-state index contributed by atoms with van der Waals surface area (Å²) in [7, 11) is 0. The van der Waals surface area contributed by atoms with E-state index in [4.69, 9.17) is 9.47 Å². The third kappa shape index (κ3) is 3.13. The van der Waals surface area contributed by atoms with Gasteiger partial charge >= 0.3 is 6.03 Å². The van der Waals surface area contributed by atoms with E-state index < -0.39 is 11.6 Å². The molecule has 0 radical (unpaired) electrons. The molecule has 5 rings (SSSR count). The second kappa shape index (κ2) is 7.43. The van der Waals surface area contributed by atoms with Crippen LogP contribution in [0.15, 0.2) is 66.7 Å². The van der Waals surface area contributed by atoms with Gasteiger partial charge in [-0.05, 0) is 47.4 Å². The number of benzene rings is 3. The third-order valence-corrected chi connectivity index (χ3v) is 5.88. The molecule has 0 bridgehead atoms. The minimum Gasteiger partial charge on any atom is -0.454 e. The molecule has 1 fully saturated rings. The highest BCUT2D eigenvalue weighted by Gasteiger charge is 2.49. The van der Waals surface area contributed by atoms with Crippen molar-refractivity contribution in [1.29, 1.82) is 5.26 Å². The van der Waals surface area contributed by atoms with E-state index in [1.165, 1.54) is 4.90 Å². The maximum absolute atomic E-state index is 13.2. The molecular weight excluding hydrogens is 406 g/mol. The first-order valence-corrected chi connectivity index (χ1v) is 10.1. The van der Waals surface area contributed by atoms with Crippen LogP contribution in [0, 0.1) is 11.3 Å². The molecule has 7 heteroatoms. The summed E-state index contributed by atoms with van der Waals surface area (Å²) in [4.78, 5) is 27.1. The Morgan fingerprint density at radius 2 is 1.78 bits per heavy atom. The molecule has 0 aromatic heterocycles. The fourth-order valence-corrected chi connectivity index (χ4v) is 4.05. The first-order chi connectivity index (χ1) is 15.5. The number of nitriles is 1. The Kier molecular flexibility index (Phi) is 4.56. The number of carbonyl (C=O) groups is 2. The largest absolute Gasteiger partial charge is 0.454 e. The SMILES string of the molecule is C[C@@]1(c2ccc3c(c2)OCO3)NC(=O)N(Cc2ccc(-c3ccccc3C#N)cc2)C1=O. The highest BCUT2D eigenvalue weighted by Crippen LogP contribution is 2.38. The summed E-state index contributed by atoms with van der Waals surface area (Å²) in [6.07, 6.45) is 0. The Labute approximate surface area is 184 Å². The van der Waals surface area contributed by atoms with Crippen molar-refractivity contribution >= 4 is 11.9 Å². The van der Waals surface area contributed by atoms with E-state index in [0.29, 0.717) is 22.6 Å². The highest BCUT2D eigenvalue weighted by atomic mass is 16.7. The molecule has 2 aliphatic rings. The van der Waals surface area contributed by atoms with Crippen LogP contribution in [0.2, 0.25) is 0 Å². The van der Waals surface area contributed by atoms with E-state index in [1.807, 2.05) is 42.5 Å². The number of nitrogens with one attached hydrogen (secondary N) is 1. The fraction of sp³-hybridized carbons (Fsp3) is 0.160.